The van der Waals surface area contributed by atoms with E-state index in [-0.39, 0.29) is 18.0 Å². The van der Waals surface area contributed by atoms with E-state index in [4.69, 9.17) is 5.21 Å². The first-order valence-corrected chi connectivity index (χ1v) is 7.52. The number of carbonyl (C=O) groups excluding carboxylic acids is 2. The van der Waals surface area contributed by atoms with Crippen molar-refractivity contribution in [1.29, 1.82) is 0 Å². The van der Waals surface area contributed by atoms with Crippen LogP contribution in [0.25, 0.3) is 0 Å². The van der Waals surface area contributed by atoms with Gasteiger partial charge < -0.3 is 14.0 Å². The van der Waals surface area contributed by atoms with Gasteiger partial charge in [0.15, 0.2) is 0 Å². The van der Waals surface area contributed by atoms with E-state index in [2.05, 4.69) is 0 Å². The molecule has 2 N–H and O–H groups in total. The highest BCUT2D eigenvalue weighted by Crippen LogP contribution is 2.31. The van der Waals surface area contributed by atoms with Gasteiger partial charge in [0, 0.05) is 37.7 Å². The Bertz CT molecular complexity index is 761. The third-order valence-corrected chi connectivity index (χ3v) is 4.47. The Morgan fingerprint density at radius 3 is 2.70 bits per heavy atom. The van der Waals surface area contributed by atoms with Gasteiger partial charge in [-0.2, -0.15) is 0 Å². The zero-order valence-corrected chi connectivity index (χ0v) is 13.4. The van der Waals surface area contributed by atoms with Gasteiger partial charge in [-0.05, 0) is 32.0 Å². The summed E-state index contributed by atoms with van der Waals surface area (Å²) in [5.74, 6) is -0.579. The molecule has 1 aliphatic heterocycles. The predicted molar refractivity (Wildman–Crippen MR) is 83.1 cm³/mol. The average Bonchev–Trinajstić information content (AvgIpc) is 3.12. The lowest BCUT2D eigenvalue weighted by Crippen LogP contribution is -2.47. The van der Waals surface area contributed by atoms with Crippen LogP contribution in [0, 0.1) is 0 Å². The molecule has 3 rings (SSSR count). The fraction of sp³-hybridized carbons (Fsp3) is 0.375. The fourth-order valence-electron chi connectivity index (χ4n) is 3.32. The molecule has 122 valence electrons. The van der Waals surface area contributed by atoms with Gasteiger partial charge in [0.1, 0.15) is 5.69 Å². The molecule has 7 heteroatoms. The molecule has 0 saturated carbocycles. The van der Waals surface area contributed by atoms with E-state index in [9.17, 15) is 9.59 Å². The zero-order chi connectivity index (χ0) is 16.7. The second-order valence-electron chi connectivity index (χ2n) is 5.99. The summed E-state index contributed by atoms with van der Waals surface area (Å²) >= 11 is 0. The van der Waals surface area contributed by atoms with Gasteiger partial charge >= 0.3 is 0 Å². The summed E-state index contributed by atoms with van der Waals surface area (Å²) < 4.78 is 3.77. The normalized spacial score (nSPS) is 20.3. The van der Waals surface area contributed by atoms with Crippen molar-refractivity contribution in [3.63, 3.8) is 0 Å². The molecule has 3 heterocycles. The van der Waals surface area contributed by atoms with Gasteiger partial charge in [-0.1, -0.05) is 0 Å². The zero-order valence-electron chi connectivity index (χ0n) is 13.4. The van der Waals surface area contributed by atoms with Crippen LogP contribution in [-0.4, -0.2) is 37.1 Å². The van der Waals surface area contributed by atoms with Crippen LogP contribution in [0.5, 0.6) is 0 Å². The maximum atomic E-state index is 12.9. The number of hydrogen-bond acceptors (Lipinski definition) is 3. The molecule has 0 aromatic carbocycles. The average molecular weight is 316 g/mol. The summed E-state index contributed by atoms with van der Waals surface area (Å²) in [7, 11) is 1.85. The highest BCUT2D eigenvalue weighted by molar-refractivity contribution is 5.94. The number of fused-ring (bicyclic) bond motifs is 1. The molecule has 1 aliphatic rings. The minimum Gasteiger partial charge on any atom is -0.347 e. The molecule has 0 aliphatic carbocycles. The fourth-order valence-corrected chi connectivity index (χ4v) is 3.32. The van der Waals surface area contributed by atoms with E-state index in [1.807, 2.05) is 42.6 Å². The van der Waals surface area contributed by atoms with E-state index >= 15 is 0 Å². The summed E-state index contributed by atoms with van der Waals surface area (Å²) in [5, 5.41) is 8.79. The van der Waals surface area contributed by atoms with Crippen LogP contribution >= 0.6 is 0 Å². The topological polar surface area (TPSA) is 79.5 Å². The van der Waals surface area contributed by atoms with Crippen molar-refractivity contribution >= 4 is 11.8 Å². The molecule has 2 aromatic heterocycles. The van der Waals surface area contributed by atoms with Crippen molar-refractivity contribution in [2.75, 3.05) is 0 Å². The Balaban J connectivity index is 1.96. The van der Waals surface area contributed by atoms with Crippen LogP contribution in [0.1, 0.15) is 46.4 Å². The van der Waals surface area contributed by atoms with E-state index < -0.39 is 5.91 Å². The first kappa shape index (κ1) is 15.4. The van der Waals surface area contributed by atoms with Crippen LogP contribution in [0.3, 0.4) is 0 Å². The Morgan fingerprint density at radius 2 is 2.09 bits per heavy atom. The number of rotatable bonds is 2. The Labute approximate surface area is 134 Å². The molecule has 2 aromatic rings. The smallest absolute Gasteiger partial charge is 0.276 e. The lowest BCUT2D eigenvalue weighted by atomic mass is 10.1. The molecule has 0 radical (unpaired) electrons. The monoisotopic (exact) mass is 316 g/mol. The van der Waals surface area contributed by atoms with E-state index in [0.29, 0.717) is 17.8 Å². The SMILES string of the molecule is CC1Cn2cc(C(=O)NO)cc2C(C)N1C(=O)c1cccn1C. The number of hydrogen-bond donors (Lipinski definition) is 2. The third kappa shape index (κ3) is 2.43. The van der Waals surface area contributed by atoms with E-state index in [1.165, 1.54) is 0 Å². The molecule has 23 heavy (non-hydrogen) atoms. The number of nitrogens with zero attached hydrogens (tertiary/aromatic N) is 3. The summed E-state index contributed by atoms with van der Waals surface area (Å²) in [4.78, 5) is 26.3. The quantitative estimate of drug-likeness (QED) is 0.652. The van der Waals surface area contributed by atoms with Crippen molar-refractivity contribution < 1.29 is 14.8 Å². The molecular weight excluding hydrogens is 296 g/mol. The highest BCUT2D eigenvalue weighted by Gasteiger charge is 2.35. The van der Waals surface area contributed by atoms with E-state index in [1.54, 1.807) is 28.4 Å². The Morgan fingerprint density at radius 1 is 1.35 bits per heavy atom. The minimum absolute atomic E-state index is 0.00247. The van der Waals surface area contributed by atoms with Gasteiger partial charge in [0.05, 0.1) is 11.6 Å². The van der Waals surface area contributed by atoms with Gasteiger partial charge in [0.2, 0.25) is 0 Å². The molecule has 2 atom stereocenters. The molecule has 2 amide bonds. The maximum Gasteiger partial charge on any atom is 0.276 e. The van der Waals surface area contributed by atoms with Gasteiger partial charge in [-0.25, -0.2) is 5.48 Å². The molecule has 0 bridgehead atoms. The van der Waals surface area contributed by atoms with Crippen molar-refractivity contribution in [2.24, 2.45) is 7.05 Å². The molecule has 7 nitrogen and oxygen atoms in total. The first-order chi connectivity index (χ1) is 10.9. The van der Waals surface area contributed by atoms with Gasteiger partial charge in [-0.15, -0.1) is 0 Å². The number of nitrogens with one attached hydrogen (secondary N) is 1. The number of aromatic nitrogens is 2. The summed E-state index contributed by atoms with van der Waals surface area (Å²) in [6.07, 6.45) is 3.55. The standard InChI is InChI=1S/C16H20N4O3/c1-10-8-19-9-12(15(21)17-23)7-14(19)11(2)20(10)16(22)13-5-4-6-18(13)3/h4-7,9-11,23H,8H2,1-3H3,(H,17,21). The molecule has 0 spiro atoms. The Hall–Kier alpha value is -2.54. The maximum absolute atomic E-state index is 12.9. The summed E-state index contributed by atoms with van der Waals surface area (Å²) in [6, 6.07) is 5.20. The van der Waals surface area contributed by atoms with Gasteiger partial charge in [-0.3, -0.25) is 14.8 Å². The predicted octanol–water partition coefficient (Wildman–Crippen LogP) is 1.55. The van der Waals surface area contributed by atoms with Crippen LogP contribution < -0.4 is 5.48 Å². The van der Waals surface area contributed by atoms with Gasteiger partial charge in [0.25, 0.3) is 11.8 Å². The minimum atomic E-state index is -0.549. The van der Waals surface area contributed by atoms with Crippen molar-refractivity contribution in [3.8, 4) is 0 Å². The number of carbonyl (C=O) groups is 2. The molecule has 0 fully saturated rings. The van der Waals surface area contributed by atoms with Crippen molar-refractivity contribution in [3.05, 3.63) is 47.5 Å². The molecule has 0 saturated heterocycles. The lowest BCUT2D eigenvalue weighted by molar-refractivity contribution is 0.0511. The summed E-state index contributed by atoms with van der Waals surface area (Å²) in [6.45, 7) is 4.55. The third-order valence-electron chi connectivity index (χ3n) is 4.47. The number of aryl methyl sites for hydroxylation is 1. The lowest BCUT2D eigenvalue weighted by Gasteiger charge is -2.40. The highest BCUT2D eigenvalue weighted by atomic mass is 16.5. The van der Waals surface area contributed by atoms with Crippen LogP contribution in [0.15, 0.2) is 30.6 Å². The second-order valence-corrected chi connectivity index (χ2v) is 5.99. The largest absolute Gasteiger partial charge is 0.347 e. The molecule has 2 unspecified atom stereocenters. The van der Waals surface area contributed by atoms with Crippen molar-refractivity contribution in [2.45, 2.75) is 32.5 Å². The first-order valence-electron chi connectivity index (χ1n) is 7.52. The van der Waals surface area contributed by atoms with Crippen LogP contribution in [-0.2, 0) is 13.6 Å². The number of amides is 2. The van der Waals surface area contributed by atoms with Crippen LogP contribution in [0.2, 0.25) is 0 Å². The summed E-state index contributed by atoms with van der Waals surface area (Å²) in [5.41, 5.74) is 3.54. The second kappa shape index (κ2) is 5.58. The molecular formula is C16H20N4O3. The van der Waals surface area contributed by atoms with E-state index in [0.717, 1.165) is 5.69 Å². The van der Waals surface area contributed by atoms with Crippen LogP contribution in [0.4, 0.5) is 0 Å². The Kier molecular flexibility index (Phi) is 3.73. The number of hydroxylamine groups is 1. The van der Waals surface area contributed by atoms with Crippen molar-refractivity contribution in [1.82, 2.24) is 19.5 Å².